The number of amidine groups is 1. The van der Waals surface area contributed by atoms with Gasteiger partial charge in [-0.3, -0.25) is 15.0 Å². The third-order valence-corrected chi connectivity index (χ3v) is 8.50. The lowest BCUT2D eigenvalue weighted by molar-refractivity contribution is -0.138. The second-order valence-electron chi connectivity index (χ2n) is 10.1. The largest absolute Gasteiger partial charge is 0.391 e. The van der Waals surface area contributed by atoms with Crippen LogP contribution in [0.25, 0.3) is 10.8 Å². The predicted octanol–water partition coefficient (Wildman–Crippen LogP) is 1.89. The molecule has 3 atom stereocenters. The van der Waals surface area contributed by atoms with Gasteiger partial charge in [-0.1, -0.05) is 54.6 Å². The Morgan fingerprint density at radius 3 is 2.27 bits per heavy atom. The Bertz CT molecular complexity index is 1480. The molecule has 10 nitrogen and oxygen atoms in total. The fourth-order valence-corrected chi connectivity index (χ4v) is 6.10. The molecule has 6 N–H and O–H groups in total. The van der Waals surface area contributed by atoms with Crippen LogP contribution in [0.2, 0.25) is 0 Å². The van der Waals surface area contributed by atoms with Crippen molar-refractivity contribution in [2.45, 2.75) is 55.7 Å². The van der Waals surface area contributed by atoms with Gasteiger partial charge in [-0.15, -0.1) is 0 Å². The van der Waals surface area contributed by atoms with E-state index in [0.29, 0.717) is 24.0 Å². The molecule has 1 aliphatic rings. The standard InChI is InChI=1S/C29H35N5O5S/c1-19(35)26(33-40(38,39)24-14-13-21-7-3-4-8-23(21)18-24)28(36)32-25(29(37)34-15-5-2-6-16-34)17-20-9-11-22(12-10-20)27(30)31/h3-4,7-14,18-19,25-26,33,35H,2,5-6,15-17H2,1H3,(H3,30,31)(H,32,36)/t19-,25-,26+/m1/s1. The summed E-state index contributed by atoms with van der Waals surface area (Å²) in [5.74, 6) is -1.17. The van der Waals surface area contributed by atoms with E-state index >= 15 is 0 Å². The van der Waals surface area contributed by atoms with Crippen LogP contribution in [0.15, 0.2) is 71.6 Å². The molecule has 1 saturated heterocycles. The van der Waals surface area contributed by atoms with E-state index in [2.05, 4.69) is 10.0 Å². The Labute approximate surface area is 234 Å². The number of nitrogens with zero attached hydrogens (tertiary/aromatic N) is 1. The molecule has 4 rings (SSSR count). The lowest BCUT2D eigenvalue weighted by Gasteiger charge is -2.32. The molecule has 1 aliphatic heterocycles. The van der Waals surface area contributed by atoms with Crippen molar-refractivity contribution in [3.63, 3.8) is 0 Å². The topological polar surface area (TPSA) is 166 Å². The predicted molar refractivity (Wildman–Crippen MR) is 153 cm³/mol. The highest BCUT2D eigenvalue weighted by atomic mass is 32.2. The Kier molecular flexibility index (Phi) is 9.18. The Morgan fingerprint density at radius 1 is 1.00 bits per heavy atom. The number of hydrogen-bond donors (Lipinski definition) is 5. The van der Waals surface area contributed by atoms with E-state index in [9.17, 15) is 23.1 Å². The number of amides is 2. The third-order valence-electron chi connectivity index (χ3n) is 7.07. The highest BCUT2D eigenvalue weighted by Crippen LogP contribution is 2.20. The number of sulfonamides is 1. The molecule has 0 aliphatic carbocycles. The first-order chi connectivity index (χ1) is 19.0. The van der Waals surface area contributed by atoms with Crippen LogP contribution in [0, 0.1) is 5.41 Å². The number of piperidine rings is 1. The zero-order valence-electron chi connectivity index (χ0n) is 22.3. The van der Waals surface area contributed by atoms with Crippen LogP contribution >= 0.6 is 0 Å². The highest BCUT2D eigenvalue weighted by molar-refractivity contribution is 7.89. The van der Waals surface area contributed by atoms with Gasteiger partial charge in [-0.2, -0.15) is 4.72 Å². The molecule has 2 amide bonds. The number of aliphatic hydroxyl groups excluding tert-OH is 1. The summed E-state index contributed by atoms with van der Waals surface area (Å²) in [6, 6.07) is 16.2. The molecule has 0 radical (unpaired) electrons. The molecule has 0 saturated carbocycles. The summed E-state index contributed by atoms with van der Waals surface area (Å²) in [7, 11) is -4.19. The van der Waals surface area contributed by atoms with Gasteiger partial charge in [0.2, 0.25) is 21.8 Å². The summed E-state index contributed by atoms with van der Waals surface area (Å²) >= 11 is 0. The van der Waals surface area contributed by atoms with Crippen molar-refractivity contribution in [3.05, 3.63) is 77.9 Å². The molecule has 3 aromatic rings. The van der Waals surface area contributed by atoms with E-state index in [1.54, 1.807) is 47.4 Å². The first kappa shape index (κ1) is 29.2. The second-order valence-corrected chi connectivity index (χ2v) is 11.8. The minimum absolute atomic E-state index is 0.0452. The summed E-state index contributed by atoms with van der Waals surface area (Å²) in [5.41, 5.74) is 6.80. The van der Waals surface area contributed by atoms with Gasteiger partial charge in [-0.05, 0) is 54.7 Å². The summed E-state index contributed by atoms with van der Waals surface area (Å²) in [6.07, 6.45) is 1.51. The van der Waals surface area contributed by atoms with Gasteiger partial charge in [-0.25, -0.2) is 8.42 Å². The molecule has 40 heavy (non-hydrogen) atoms. The van der Waals surface area contributed by atoms with Crippen LogP contribution in [0.3, 0.4) is 0 Å². The molecular formula is C29H35N5O5S. The van der Waals surface area contributed by atoms with Crippen molar-refractivity contribution < 1.29 is 23.1 Å². The first-order valence-corrected chi connectivity index (χ1v) is 14.7. The molecule has 3 aromatic carbocycles. The van der Waals surface area contributed by atoms with Crippen molar-refractivity contribution in [1.82, 2.24) is 14.9 Å². The number of carbonyl (C=O) groups is 2. The van der Waals surface area contributed by atoms with Gasteiger partial charge in [0.15, 0.2) is 0 Å². The maximum absolute atomic E-state index is 13.5. The van der Waals surface area contributed by atoms with Crippen LogP contribution in [0.5, 0.6) is 0 Å². The van der Waals surface area contributed by atoms with E-state index in [4.69, 9.17) is 11.1 Å². The molecule has 1 heterocycles. The zero-order chi connectivity index (χ0) is 28.9. The number of carbonyl (C=O) groups excluding carboxylic acids is 2. The van der Waals surface area contributed by atoms with Crippen molar-refractivity contribution in [3.8, 4) is 0 Å². The second kappa shape index (κ2) is 12.6. The smallest absolute Gasteiger partial charge is 0.245 e. The molecular weight excluding hydrogens is 530 g/mol. The maximum Gasteiger partial charge on any atom is 0.245 e. The van der Waals surface area contributed by atoms with Crippen LogP contribution in [-0.2, 0) is 26.0 Å². The number of aliphatic hydroxyl groups is 1. The molecule has 0 bridgehead atoms. The number of fused-ring (bicyclic) bond motifs is 1. The van der Waals surface area contributed by atoms with Gasteiger partial charge in [0.05, 0.1) is 11.0 Å². The lowest BCUT2D eigenvalue weighted by Crippen LogP contribution is -2.58. The monoisotopic (exact) mass is 565 g/mol. The van der Waals surface area contributed by atoms with Crippen LogP contribution < -0.4 is 15.8 Å². The van der Waals surface area contributed by atoms with Gasteiger partial charge in [0, 0.05) is 25.1 Å². The van der Waals surface area contributed by atoms with Crippen LogP contribution in [0.4, 0.5) is 0 Å². The van der Waals surface area contributed by atoms with Gasteiger partial charge >= 0.3 is 0 Å². The van der Waals surface area contributed by atoms with Gasteiger partial charge < -0.3 is 21.1 Å². The fraction of sp³-hybridized carbons (Fsp3) is 0.345. The van der Waals surface area contributed by atoms with Crippen molar-refractivity contribution in [2.24, 2.45) is 5.73 Å². The molecule has 0 aromatic heterocycles. The fourth-order valence-electron chi connectivity index (χ4n) is 4.79. The zero-order valence-corrected chi connectivity index (χ0v) is 23.2. The van der Waals surface area contributed by atoms with Crippen molar-refractivity contribution in [2.75, 3.05) is 13.1 Å². The molecule has 0 spiro atoms. The SMILES string of the molecule is C[C@@H](O)[C@H](NS(=O)(=O)c1ccc2ccccc2c1)C(=O)N[C@H](Cc1ccc(C(=N)N)cc1)C(=O)N1CCCCC1. The number of nitrogens with two attached hydrogens (primary N) is 1. The van der Waals surface area contributed by atoms with Crippen molar-refractivity contribution >= 4 is 38.4 Å². The first-order valence-electron chi connectivity index (χ1n) is 13.3. The normalized spacial score (nSPS) is 16.2. The van der Waals surface area contributed by atoms with E-state index in [0.717, 1.165) is 30.2 Å². The summed E-state index contributed by atoms with van der Waals surface area (Å²) in [6.45, 7) is 2.46. The average molecular weight is 566 g/mol. The molecule has 1 fully saturated rings. The lowest BCUT2D eigenvalue weighted by atomic mass is 10.0. The Balaban J connectivity index is 1.56. The van der Waals surface area contributed by atoms with Crippen LogP contribution in [-0.4, -0.2) is 67.4 Å². The number of nitrogens with one attached hydrogen (secondary N) is 3. The van der Waals surface area contributed by atoms with E-state index in [1.807, 2.05) is 12.1 Å². The highest BCUT2D eigenvalue weighted by Gasteiger charge is 2.34. The average Bonchev–Trinajstić information content (AvgIpc) is 2.95. The van der Waals surface area contributed by atoms with E-state index in [-0.39, 0.29) is 23.1 Å². The quantitative estimate of drug-likeness (QED) is 0.186. The van der Waals surface area contributed by atoms with E-state index in [1.165, 1.54) is 19.1 Å². The third kappa shape index (κ3) is 7.04. The molecule has 0 unspecified atom stereocenters. The van der Waals surface area contributed by atoms with Crippen LogP contribution in [0.1, 0.15) is 37.3 Å². The summed E-state index contributed by atoms with van der Waals surface area (Å²) < 4.78 is 28.8. The van der Waals surface area contributed by atoms with Gasteiger partial charge in [0.1, 0.15) is 17.9 Å². The summed E-state index contributed by atoms with van der Waals surface area (Å²) in [5, 5.41) is 22.3. The molecule has 11 heteroatoms. The number of nitrogen functional groups attached to an aromatic ring is 1. The number of likely N-dealkylation sites (tertiary alicyclic amines) is 1. The number of hydrogen-bond acceptors (Lipinski definition) is 6. The molecule has 212 valence electrons. The Morgan fingerprint density at radius 2 is 1.65 bits per heavy atom. The van der Waals surface area contributed by atoms with Crippen molar-refractivity contribution in [1.29, 1.82) is 5.41 Å². The maximum atomic E-state index is 13.5. The Hall–Kier alpha value is -3.80. The minimum atomic E-state index is -4.19. The number of rotatable bonds is 10. The van der Waals surface area contributed by atoms with E-state index < -0.39 is 34.1 Å². The van der Waals surface area contributed by atoms with Gasteiger partial charge in [0.25, 0.3) is 0 Å². The number of benzene rings is 3. The summed E-state index contributed by atoms with van der Waals surface area (Å²) in [4.78, 5) is 28.6. The minimum Gasteiger partial charge on any atom is -0.391 e.